The van der Waals surface area contributed by atoms with Crippen LogP contribution in [-0.4, -0.2) is 49.8 Å². The molecule has 2 aromatic carbocycles. The first-order valence-electron chi connectivity index (χ1n) is 10.3. The first-order chi connectivity index (χ1) is 14.2. The van der Waals surface area contributed by atoms with E-state index in [1.807, 2.05) is 12.1 Å². The summed E-state index contributed by atoms with van der Waals surface area (Å²) in [7, 11) is 3.35. The SMILES string of the molecule is CN=C(NCCc1ccc(OC)cc1O)NCc1ccc(CN2CCCC2)cc1.I. The number of nitrogens with zero attached hydrogens (tertiary/aromatic N) is 2. The largest absolute Gasteiger partial charge is 0.508 e. The van der Waals surface area contributed by atoms with E-state index in [-0.39, 0.29) is 29.7 Å². The lowest BCUT2D eigenvalue weighted by molar-refractivity contribution is 0.331. The Bertz CT molecular complexity index is 805. The molecule has 1 fully saturated rings. The number of phenolic OH excluding ortho intramolecular Hbond substituents is 1. The van der Waals surface area contributed by atoms with Crippen LogP contribution in [0.5, 0.6) is 11.5 Å². The zero-order valence-electron chi connectivity index (χ0n) is 17.9. The average molecular weight is 524 g/mol. The Balaban J connectivity index is 0.00000320. The minimum absolute atomic E-state index is 0. The second-order valence-corrected chi connectivity index (χ2v) is 7.40. The lowest BCUT2D eigenvalue weighted by atomic mass is 10.1. The molecule has 0 atom stereocenters. The fraction of sp³-hybridized carbons (Fsp3) is 0.435. The van der Waals surface area contributed by atoms with Crippen molar-refractivity contribution in [2.75, 3.05) is 33.8 Å². The van der Waals surface area contributed by atoms with Crippen LogP contribution in [0.1, 0.15) is 29.5 Å². The van der Waals surface area contributed by atoms with Gasteiger partial charge in [0.25, 0.3) is 0 Å². The van der Waals surface area contributed by atoms with E-state index in [1.165, 1.54) is 37.1 Å². The molecule has 1 heterocycles. The first kappa shape index (κ1) is 24.3. The number of likely N-dealkylation sites (tertiary alicyclic amines) is 1. The monoisotopic (exact) mass is 524 g/mol. The number of phenols is 1. The Labute approximate surface area is 196 Å². The predicted octanol–water partition coefficient (Wildman–Crippen LogP) is 3.52. The average Bonchev–Trinajstić information content (AvgIpc) is 3.25. The third-order valence-corrected chi connectivity index (χ3v) is 5.29. The number of benzene rings is 2. The Morgan fingerprint density at radius 1 is 1.07 bits per heavy atom. The summed E-state index contributed by atoms with van der Waals surface area (Å²) in [5.41, 5.74) is 3.48. The van der Waals surface area contributed by atoms with Crippen molar-refractivity contribution >= 4 is 29.9 Å². The summed E-state index contributed by atoms with van der Waals surface area (Å²) in [4.78, 5) is 6.79. The van der Waals surface area contributed by atoms with Crippen molar-refractivity contribution in [3.8, 4) is 11.5 Å². The number of aromatic hydroxyl groups is 1. The molecule has 6 nitrogen and oxygen atoms in total. The van der Waals surface area contributed by atoms with Gasteiger partial charge in [-0.3, -0.25) is 9.89 Å². The van der Waals surface area contributed by atoms with Gasteiger partial charge in [0.15, 0.2) is 5.96 Å². The molecule has 0 bridgehead atoms. The molecule has 30 heavy (non-hydrogen) atoms. The van der Waals surface area contributed by atoms with Gasteiger partial charge in [0.1, 0.15) is 11.5 Å². The topological polar surface area (TPSA) is 69.1 Å². The van der Waals surface area contributed by atoms with Crippen molar-refractivity contribution < 1.29 is 9.84 Å². The molecular formula is C23H33IN4O2. The summed E-state index contributed by atoms with van der Waals surface area (Å²) in [5.74, 6) is 1.66. The van der Waals surface area contributed by atoms with Gasteiger partial charge in [-0.05, 0) is 55.1 Å². The summed E-state index contributed by atoms with van der Waals surface area (Å²) in [6, 6.07) is 14.2. The van der Waals surface area contributed by atoms with Gasteiger partial charge in [0, 0.05) is 32.7 Å². The molecule has 0 radical (unpaired) electrons. The van der Waals surface area contributed by atoms with Crippen LogP contribution < -0.4 is 15.4 Å². The first-order valence-corrected chi connectivity index (χ1v) is 10.3. The number of hydrogen-bond donors (Lipinski definition) is 3. The highest BCUT2D eigenvalue weighted by atomic mass is 127. The Hall–Kier alpha value is -2.00. The maximum absolute atomic E-state index is 10.1. The van der Waals surface area contributed by atoms with E-state index in [1.54, 1.807) is 20.2 Å². The molecule has 0 unspecified atom stereocenters. The van der Waals surface area contributed by atoms with Crippen molar-refractivity contribution in [3.05, 3.63) is 59.2 Å². The molecule has 0 saturated carbocycles. The maximum atomic E-state index is 10.1. The highest BCUT2D eigenvalue weighted by molar-refractivity contribution is 14.0. The molecule has 3 N–H and O–H groups in total. The highest BCUT2D eigenvalue weighted by Gasteiger charge is 2.11. The standard InChI is InChI=1S/C23H32N4O2.HI/c1-24-23(25-12-11-20-9-10-21(29-2)15-22(20)28)26-16-18-5-7-19(8-6-18)17-27-13-3-4-14-27;/h5-10,15,28H,3-4,11-14,16-17H2,1-2H3,(H2,24,25,26);1H. The number of nitrogens with one attached hydrogen (secondary N) is 2. The summed E-state index contributed by atoms with van der Waals surface area (Å²) < 4.78 is 5.12. The summed E-state index contributed by atoms with van der Waals surface area (Å²) in [5, 5.41) is 16.7. The molecule has 7 heteroatoms. The number of aliphatic imine (C=N–C) groups is 1. The van der Waals surface area contributed by atoms with Crippen molar-refractivity contribution in [1.29, 1.82) is 0 Å². The maximum Gasteiger partial charge on any atom is 0.191 e. The van der Waals surface area contributed by atoms with Crippen molar-refractivity contribution in [2.24, 2.45) is 4.99 Å². The minimum Gasteiger partial charge on any atom is -0.508 e. The molecule has 164 valence electrons. The van der Waals surface area contributed by atoms with Gasteiger partial charge in [-0.1, -0.05) is 30.3 Å². The van der Waals surface area contributed by atoms with Crippen LogP contribution in [0.4, 0.5) is 0 Å². The van der Waals surface area contributed by atoms with Crippen LogP contribution in [0.15, 0.2) is 47.5 Å². The molecule has 1 saturated heterocycles. The van der Waals surface area contributed by atoms with E-state index in [2.05, 4.69) is 44.8 Å². The predicted molar refractivity (Wildman–Crippen MR) is 133 cm³/mol. The molecule has 0 spiro atoms. The fourth-order valence-corrected chi connectivity index (χ4v) is 3.57. The molecule has 1 aliphatic heterocycles. The van der Waals surface area contributed by atoms with E-state index < -0.39 is 0 Å². The normalized spacial score (nSPS) is 14.3. The minimum atomic E-state index is 0. The zero-order valence-corrected chi connectivity index (χ0v) is 20.2. The van der Waals surface area contributed by atoms with Crippen molar-refractivity contribution in [3.63, 3.8) is 0 Å². The van der Waals surface area contributed by atoms with Gasteiger partial charge in [0.2, 0.25) is 0 Å². The van der Waals surface area contributed by atoms with Crippen LogP contribution in [0.3, 0.4) is 0 Å². The third-order valence-electron chi connectivity index (χ3n) is 5.29. The Morgan fingerprint density at radius 3 is 2.40 bits per heavy atom. The number of guanidine groups is 1. The summed E-state index contributed by atoms with van der Waals surface area (Å²) in [6.45, 7) is 4.89. The Kier molecular flexibility index (Phi) is 10.2. The van der Waals surface area contributed by atoms with Crippen LogP contribution in [0.25, 0.3) is 0 Å². The van der Waals surface area contributed by atoms with Crippen molar-refractivity contribution in [1.82, 2.24) is 15.5 Å². The second-order valence-electron chi connectivity index (χ2n) is 7.40. The number of rotatable bonds is 8. The molecule has 1 aliphatic rings. The zero-order chi connectivity index (χ0) is 20.5. The van der Waals surface area contributed by atoms with Crippen LogP contribution in [0.2, 0.25) is 0 Å². The summed E-state index contributed by atoms with van der Waals surface area (Å²) in [6.07, 6.45) is 3.35. The summed E-state index contributed by atoms with van der Waals surface area (Å²) >= 11 is 0. The lowest BCUT2D eigenvalue weighted by Gasteiger charge is -2.15. The molecule has 0 amide bonds. The highest BCUT2D eigenvalue weighted by Crippen LogP contribution is 2.23. The third kappa shape index (κ3) is 7.36. The molecule has 0 aromatic heterocycles. The number of hydrogen-bond acceptors (Lipinski definition) is 4. The molecule has 2 aromatic rings. The van der Waals surface area contributed by atoms with Gasteiger partial charge >= 0.3 is 0 Å². The number of halogens is 1. The lowest BCUT2D eigenvalue weighted by Crippen LogP contribution is -2.37. The molecule has 3 rings (SSSR count). The van der Waals surface area contributed by atoms with E-state index in [0.29, 0.717) is 18.7 Å². The number of methoxy groups -OCH3 is 1. The van der Waals surface area contributed by atoms with E-state index in [9.17, 15) is 5.11 Å². The smallest absolute Gasteiger partial charge is 0.191 e. The van der Waals surface area contributed by atoms with Crippen LogP contribution in [-0.2, 0) is 19.5 Å². The molecular weight excluding hydrogens is 491 g/mol. The van der Waals surface area contributed by atoms with Gasteiger partial charge in [-0.2, -0.15) is 0 Å². The van der Waals surface area contributed by atoms with E-state index in [4.69, 9.17) is 4.74 Å². The van der Waals surface area contributed by atoms with Gasteiger partial charge in [-0.25, -0.2) is 0 Å². The van der Waals surface area contributed by atoms with E-state index >= 15 is 0 Å². The molecule has 0 aliphatic carbocycles. The van der Waals surface area contributed by atoms with Crippen molar-refractivity contribution in [2.45, 2.75) is 32.4 Å². The Morgan fingerprint density at radius 2 is 1.77 bits per heavy atom. The van der Waals surface area contributed by atoms with Gasteiger partial charge in [0.05, 0.1) is 7.11 Å². The van der Waals surface area contributed by atoms with Gasteiger partial charge in [-0.15, -0.1) is 24.0 Å². The van der Waals surface area contributed by atoms with Crippen LogP contribution in [0, 0.1) is 0 Å². The fourth-order valence-electron chi connectivity index (χ4n) is 3.57. The van der Waals surface area contributed by atoms with Gasteiger partial charge < -0.3 is 20.5 Å². The van der Waals surface area contributed by atoms with E-state index in [0.717, 1.165) is 24.6 Å². The van der Waals surface area contributed by atoms with Crippen LogP contribution >= 0.6 is 24.0 Å². The quantitative estimate of drug-likeness (QED) is 0.280. The number of ether oxygens (including phenoxy) is 1. The second kappa shape index (κ2) is 12.6.